The minimum Gasteiger partial charge on any atom is -0.490 e. The van der Waals surface area contributed by atoms with Gasteiger partial charge >= 0.3 is 5.97 Å². The van der Waals surface area contributed by atoms with Crippen LogP contribution in [0.2, 0.25) is 5.02 Å². The van der Waals surface area contributed by atoms with Gasteiger partial charge < -0.3 is 14.2 Å². The van der Waals surface area contributed by atoms with Crippen LogP contribution < -0.4 is 9.47 Å². The first-order valence-electron chi connectivity index (χ1n) is 11.6. The van der Waals surface area contributed by atoms with Gasteiger partial charge in [-0.05, 0) is 94.3 Å². The van der Waals surface area contributed by atoms with E-state index < -0.39 is 5.97 Å². The highest BCUT2D eigenvalue weighted by molar-refractivity contribution is 9.10. The van der Waals surface area contributed by atoms with E-state index in [1.54, 1.807) is 37.4 Å². The van der Waals surface area contributed by atoms with Crippen LogP contribution in [0, 0.1) is 0 Å². The zero-order chi connectivity index (χ0) is 27.2. The molecule has 0 radical (unpaired) electrons. The van der Waals surface area contributed by atoms with Gasteiger partial charge in [-0.2, -0.15) is 0 Å². The molecule has 7 nitrogen and oxygen atoms in total. The zero-order valence-electron chi connectivity index (χ0n) is 20.9. The van der Waals surface area contributed by atoms with Crippen LogP contribution in [0.4, 0.5) is 5.69 Å². The highest BCUT2D eigenvalue weighted by Gasteiger charge is 2.30. The number of thioether (sulfide) groups is 1. The summed E-state index contributed by atoms with van der Waals surface area (Å²) in [6.45, 7) is 2.68. The number of hydrogen-bond acceptors (Lipinski definition) is 7. The Balaban J connectivity index is 1.58. The van der Waals surface area contributed by atoms with E-state index in [0.717, 1.165) is 11.1 Å². The van der Waals surface area contributed by atoms with E-state index in [1.807, 2.05) is 43.3 Å². The highest BCUT2D eigenvalue weighted by Crippen LogP contribution is 2.40. The van der Waals surface area contributed by atoms with Crippen LogP contribution in [-0.4, -0.2) is 42.7 Å². The van der Waals surface area contributed by atoms with E-state index in [0.29, 0.717) is 55.5 Å². The van der Waals surface area contributed by atoms with Crippen LogP contribution in [0.25, 0.3) is 6.08 Å². The van der Waals surface area contributed by atoms with E-state index in [2.05, 4.69) is 20.9 Å². The molecule has 0 spiro atoms. The molecule has 1 heterocycles. The van der Waals surface area contributed by atoms with Gasteiger partial charge in [0.05, 0.1) is 34.3 Å². The molecule has 1 fully saturated rings. The number of amides is 1. The Labute approximate surface area is 238 Å². The second kappa shape index (κ2) is 12.5. The van der Waals surface area contributed by atoms with Crippen molar-refractivity contribution in [1.29, 1.82) is 0 Å². The average molecular weight is 616 g/mol. The summed E-state index contributed by atoms with van der Waals surface area (Å²) >= 11 is 10.8. The number of ether oxygens (including phenoxy) is 3. The molecule has 0 bridgehead atoms. The Hall–Kier alpha value is -3.27. The Kier molecular flexibility index (Phi) is 9.14. The molecule has 0 aliphatic carbocycles. The number of amidine groups is 1. The molecule has 0 N–H and O–H groups in total. The molecule has 1 aliphatic heterocycles. The van der Waals surface area contributed by atoms with Crippen LogP contribution in [0.5, 0.6) is 11.5 Å². The number of halogens is 2. The van der Waals surface area contributed by atoms with Crippen molar-refractivity contribution in [2.24, 2.45) is 4.99 Å². The third-order valence-electron chi connectivity index (χ3n) is 5.42. The van der Waals surface area contributed by atoms with Gasteiger partial charge in [-0.1, -0.05) is 29.8 Å². The van der Waals surface area contributed by atoms with E-state index in [-0.39, 0.29) is 5.91 Å². The van der Waals surface area contributed by atoms with Gasteiger partial charge in [0, 0.05) is 12.1 Å². The standard InChI is InChI=1S/C28H24BrClN2O5S/c1-4-36-23-13-18(12-22(29)25(23)37-16-17-8-10-20(30)11-9-17)14-24-26(33)32(2)28(38-24)31-21-7-5-6-19(15-21)27(34)35-3/h5-15H,4,16H2,1-3H3. The molecule has 38 heavy (non-hydrogen) atoms. The maximum Gasteiger partial charge on any atom is 0.337 e. The molecular formula is C28H24BrClN2O5S. The second-order valence-corrected chi connectivity index (χ2v) is 10.4. The SMILES string of the molecule is CCOc1cc(C=C2SC(=Nc3cccc(C(=O)OC)c3)N(C)C2=O)cc(Br)c1OCc1ccc(Cl)cc1. The fraction of sp³-hybridized carbons (Fsp3) is 0.179. The molecule has 3 aromatic carbocycles. The van der Waals surface area contributed by atoms with E-state index in [1.165, 1.54) is 23.8 Å². The first kappa shape index (κ1) is 27.8. The van der Waals surface area contributed by atoms with Crippen molar-refractivity contribution in [3.63, 3.8) is 0 Å². The summed E-state index contributed by atoms with van der Waals surface area (Å²) in [5.74, 6) is 0.488. The van der Waals surface area contributed by atoms with Crippen molar-refractivity contribution in [2.45, 2.75) is 13.5 Å². The molecule has 0 aromatic heterocycles. The summed E-state index contributed by atoms with van der Waals surface area (Å²) in [6.07, 6.45) is 1.78. The molecule has 1 saturated heterocycles. The van der Waals surface area contributed by atoms with Crippen molar-refractivity contribution in [2.75, 3.05) is 20.8 Å². The smallest absolute Gasteiger partial charge is 0.337 e. The minimum atomic E-state index is -0.451. The molecule has 196 valence electrons. The lowest BCUT2D eigenvalue weighted by Gasteiger charge is -2.15. The van der Waals surface area contributed by atoms with Crippen LogP contribution in [0.3, 0.4) is 0 Å². The predicted molar refractivity (Wildman–Crippen MR) is 154 cm³/mol. The number of carbonyl (C=O) groups excluding carboxylic acids is 2. The predicted octanol–water partition coefficient (Wildman–Crippen LogP) is 7.10. The van der Waals surface area contributed by atoms with Crippen LogP contribution in [0.1, 0.15) is 28.4 Å². The fourth-order valence-electron chi connectivity index (χ4n) is 3.54. The quantitative estimate of drug-likeness (QED) is 0.199. The molecule has 0 atom stereocenters. The summed E-state index contributed by atoms with van der Waals surface area (Å²) in [7, 11) is 2.99. The van der Waals surface area contributed by atoms with Crippen LogP contribution >= 0.6 is 39.3 Å². The number of esters is 1. The number of carbonyl (C=O) groups is 2. The molecule has 3 aromatic rings. The normalized spacial score (nSPS) is 15.3. The summed E-state index contributed by atoms with van der Waals surface area (Å²) in [4.78, 5) is 31.4. The van der Waals surface area contributed by atoms with E-state index >= 15 is 0 Å². The van der Waals surface area contributed by atoms with Crippen molar-refractivity contribution in [3.05, 3.63) is 91.8 Å². The lowest BCUT2D eigenvalue weighted by Crippen LogP contribution is -2.23. The number of benzene rings is 3. The molecule has 10 heteroatoms. The van der Waals surface area contributed by atoms with Crippen molar-refractivity contribution in [1.82, 2.24) is 4.90 Å². The summed E-state index contributed by atoms with van der Waals surface area (Å²) in [6, 6.07) is 17.9. The summed E-state index contributed by atoms with van der Waals surface area (Å²) < 4.78 is 17.4. The van der Waals surface area contributed by atoms with Crippen LogP contribution in [-0.2, 0) is 16.1 Å². The molecule has 1 amide bonds. The van der Waals surface area contributed by atoms with Crippen molar-refractivity contribution in [3.8, 4) is 11.5 Å². The molecule has 0 unspecified atom stereocenters. The number of hydrogen-bond donors (Lipinski definition) is 0. The van der Waals surface area contributed by atoms with Gasteiger partial charge in [0.2, 0.25) is 0 Å². The molecule has 1 aliphatic rings. The Morgan fingerprint density at radius 3 is 2.61 bits per heavy atom. The third kappa shape index (κ3) is 6.59. The Bertz CT molecular complexity index is 1430. The largest absolute Gasteiger partial charge is 0.490 e. The van der Waals surface area contributed by atoms with Crippen LogP contribution in [0.15, 0.2) is 75.0 Å². The van der Waals surface area contributed by atoms with Gasteiger partial charge in [-0.25, -0.2) is 9.79 Å². The van der Waals surface area contributed by atoms with Gasteiger partial charge in [0.15, 0.2) is 16.7 Å². The fourth-order valence-corrected chi connectivity index (χ4v) is 5.23. The van der Waals surface area contributed by atoms with Crippen molar-refractivity contribution >= 4 is 68.1 Å². The van der Waals surface area contributed by atoms with Gasteiger partial charge in [-0.3, -0.25) is 9.69 Å². The Morgan fingerprint density at radius 1 is 1.13 bits per heavy atom. The second-order valence-electron chi connectivity index (χ2n) is 8.09. The maximum atomic E-state index is 13.0. The number of likely N-dealkylation sites (N-methyl/N-ethyl adjacent to an activating group) is 1. The van der Waals surface area contributed by atoms with Gasteiger partial charge in [0.1, 0.15) is 6.61 Å². The third-order valence-corrected chi connectivity index (χ3v) is 7.32. The Morgan fingerprint density at radius 2 is 1.89 bits per heavy atom. The molecule has 0 saturated carbocycles. The van der Waals surface area contributed by atoms with Crippen molar-refractivity contribution < 1.29 is 23.8 Å². The number of nitrogens with zero attached hydrogens (tertiary/aromatic N) is 2. The first-order valence-corrected chi connectivity index (χ1v) is 13.6. The zero-order valence-corrected chi connectivity index (χ0v) is 24.0. The first-order chi connectivity index (χ1) is 18.3. The van der Waals surface area contributed by atoms with E-state index in [9.17, 15) is 9.59 Å². The monoisotopic (exact) mass is 614 g/mol. The molecular weight excluding hydrogens is 592 g/mol. The molecule has 4 rings (SSSR count). The topological polar surface area (TPSA) is 77.4 Å². The number of methoxy groups -OCH3 is 1. The summed E-state index contributed by atoms with van der Waals surface area (Å²) in [5.41, 5.74) is 2.65. The van der Waals surface area contributed by atoms with Gasteiger partial charge in [0.25, 0.3) is 5.91 Å². The summed E-state index contributed by atoms with van der Waals surface area (Å²) in [5, 5.41) is 1.16. The van der Waals surface area contributed by atoms with Gasteiger partial charge in [-0.15, -0.1) is 0 Å². The highest BCUT2D eigenvalue weighted by atomic mass is 79.9. The minimum absolute atomic E-state index is 0.185. The lowest BCUT2D eigenvalue weighted by molar-refractivity contribution is -0.121. The van der Waals surface area contributed by atoms with E-state index in [4.69, 9.17) is 25.8 Å². The average Bonchev–Trinajstić information content (AvgIpc) is 3.16. The number of rotatable bonds is 8. The number of aliphatic imine (C=N–C) groups is 1. The lowest BCUT2D eigenvalue weighted by atomic mass is 10.1. The maximum absolute atomic E-state index is 13.0.